The molecular weight excluding hydrogens is 429 g/mol. The van der Waals surface area contributed by atoms with Gasteiger partial charge < -0.3 is 0 Å². The van der Waals surface area contributed by atoms with Crippen molar-refractivity contribution in [1.29, 1.82) is 0 Å². The van der Waals surface area contributed by atoms with Crippen molar-refractivity contribution in [3.8, 4) is 0 Å². The van der Waals surface area contributed by atoms with E-state index in [1.807, 2.05) is 30.5 Å². The monoisotopic (exact) mass is 433 g/mol. The third-order valence-corrected chi connectivity index (χ3v) is 1.51. The van der Waals surface area contributed by atoms with E-state index in [0.717, 1.165) is 5.52 Å². The summed E-state index contributed by atoms with van der Waals surface area (Å²) in [7, 11) is 0. The molecule has 2 rings (SSSR count). The second-order valence-electron chi connectivity index (χ2n) is 2.99. The predicted molar refractivity (Wildman–Crippen MR) is 92.1 cm³/mol. The third-order valence-electron chi connectivity index (χ3n) is 1.51. The van der Waals surface area contributed by atoms with Crippen LogP contribution in [0, 0.1) is 0 Å². The first-order chi connectivity index (χ1) is 8.97. The van der Waals surface area contributed by atoms with Crippen molar-refractivity contribution in [2.24, 2.45) is 0 Å². The topological polar surface area (TPSA) is 47.0 Å². The number of para-hydroxylation sites is 1. The fourth-order valence-corrected chi connectivity index (χ4v) is 1.02. The summed E-state index contributed by atoms with van der Waals surface area (Å²) in [6.07, 6.45) is 1.81. The Bertz CT molecular complexity index is 527. The minimum Gasteiger partial charge on any atom is -0.271 e. The highest BCUT2D eigenvalue weighted by molar-refractivity contribution is 8.25. The Balaban J connectivity index is 0.000000310. The lowest BCUT2D eigenvalue weighted by atomic mass is 10.2. The molecule has 3 nitrogen and oxygen atoms in total. The van der Waals surface area contributed by atoms with Gasteiger partial charge in [-0.15, -0.1) is 0 Å². The first-order valence-corrected chi connectivity index (χ1v) is 13.5. The molecular formula is C9H7Cl6NO2P2. The fourth-order valence-electron chi connectivity index (χ4n) is 1.02. The van der Waals surface area contributed by atoms with Gasteiger partial charge in [0.15, 0.2) is 0 Å². The molecule has 0 N–H and O–H groups in total. The van der Waals surface area contributed by atoms with Gasteiger partial charge in [-0.25, -0.2) is 0 Å². The third kappa shape index (κ3) is 16.9. The van der Waals surface area contributed by atoms with Crippen LogP contribution >= 0.6 is 77.8 Å². The lowest BCUT2D eigenvalue weighted by Gasteiger charge is -1.91. The minimum absolute atomic E-state index is 1.06. The number of aromatic nitrogens is 1. The van der Waals surface area contributed by atoms with Crippen LogP contribution in [-0.4, -0.2) is 4.98 Å². The van der Waals surface area contributed by atoms with Gasteiger partial charge in [-0.2, -0.15) is 0 Å². The Labute approximate surface area is 144 Å². The highest BCUT2D eigenvalue weighted by Crippen LogP contribution is 2.61. The summed E-state index contributed by atoms with van der Waals surface area (Å²) in [6, 6.07) is 12.1. The Morgan fingerprint density at radius 1 is 0.750 bits per heavy atom. The van der Waals surface area contributed by atoms with Crippen LogP contribution in [0.3, 0.4) is 0 Å². The molecule has 0 spiro atoms. The van der Waals surface area contributed by atoms with Crippen LogP contribution in [0.15, 0.2) is 42.6 Å². The van der Waals surface area contributed by atoms with Gasteiger partial charge in [0.25, 0.3) is 0 Å². The Hall–Kier alpha value is 0.830. The molecule has 2 aromatic rings. The van der Waals surface area contributed by atoms with Gasteiger partial charge in [-0.05, 0) is 79.6 Å². The maximum atomic E-state index is 9.51. The van der Waals surface area contributed by atoms with E-state index >= 15 is 0 Å². The van der Waals surface area contributed by atoms with Crippen LogP contribution in [0.2, 0.25) is 0 Å². The van der Waals surface area contributed by atoms with Crippen LogP contribution in [0.4, 0.5) is 0 Å². The molecule has 0 amide bonds. The summed E-state index contributed by atoms with van der Waals surface area (Å²) >= 11 is 27.7. The molecule has 0 saturated carbocycles. The van der Waals surface area contributed by atoms with Crippen molar-refractivity contribution in [3.63, 3.8) is 0 Å². The van der Waals surface area contributed by atoms with Crippen molar-refractivity contribution in [3.05, 3.63) is 42.6 Å². The molecule has 0 atom stereocenters. The molecule has 0 aliphatic heterocycles. The maximum Gasteiger partial charge on any atom is 0.339 e. The number of nitrogens with zero attached hydrogens (tertiary/aromatic N) is 1. The number of rotatable bonds is 0. The van der Waals surface area contributed by atoms with Crippen molar-refractivity contribution >= 4 is 88.7 Å². The average Bonchev–Trinajstić information content (AvgIpc) is 2.25. The second kappa shape index (κ2) is 9.77. The molecule has 0 unspecified atom stereocenters. The number of halogens is 6. The highest BCUT2D eigenvalue weighted by Gasteiger charge is 2.03. The number of benzene rings is 1. The van der Waals surface area contributed by atoms with E-state index in [0.29, 0.717) is 0 Å². The first-order valence-electron chi connectivity index (χ1n) is 4.64. The molecule has 0 aliphatic carbocycles. The smallest absolute Gasteiger partial charge is 0.271 e. The van der Waals surface area contributed by atoms with Crippen molar-refractivity contribution < 1.29 is 9.13 Å². The molecule has 1 heterocycles. The summed E-state index contributed by atoms with van der Waals surface area (Å²) in [6.45, 7) is 0. The normalized spacial score (nSPS) is 10.9. The van der Waals surface area contributed by atoms with Crippen molar-refractivity contribution in [1.82, 2.24) is 4.98 Å². The van der Waals surface area contributed by atoms with Crippen LogP contribution in [0.1, 0.15) is 0 Å². The molecule has 11 heteroatoms. The molecule has 20 heavy (non-hydrogen) atoms. The van der Waals surface area contributed by atoms with Gasteiger partial charge in [0.1, 0.15) is 0 Å². The quantitative estimate of drug-likeness (QED) is 0.396. The molecule has 0 fully saturated rings. The van der Waals surface area contributed by atoms with E-state index in [2.05, 4.69) is 84.6 Å². The lowest BCUT2D eigenvalue weighted by molar-refractivity contribution is 0.599. The number of pyridine rings is 1. The summed E-state index contributed by atoms with van der Waals surface area (Å²) in [5.41, 5.74) is 1.06. The number of fused-ring (bicyclic) bond motifs is 1. The largest absolute Gasteiger partial charge is 0.339 e. The van der Waals surface area contributed by atoms with Crippen LogP contribution in [0.25, 0.3) is 10.9 Å². The number of hydrogen-bond donors (Lipinski definition) is 0. The second-order valence-corrected chi connectivity index (χ2v) is 16.3. The summed E-state index contributed by atoms with van der Waals surface area (Å²) in [4.78, 5) is 4.18. The van der Waals surface area contributed by atoms with Gasteiger partial charge in [0.05, 0.1) is 5.52 Å². The summed E-state index contributed by atoms with van der Waals surface area (Å²) < 4.78 is 19.0. The van der Waals surface area contributed by atoms with Crippen molar-refractivity contribution in [2.45, 2.75) is 0 Å². The molecule has 112 valence electrons. The molecule has 0 radical (unpaired) electrons. The molecule has 0 saturated heterocycles. The zero-order valence-corrected chi connectivity index (χ0v) is 15.8. The zero-order valence-electron chi connectivity index (χ0n) is 9.47. The van der Waals surface area contributed by atoms with E-state index in [1.165, 1.54) is 5.39 Å². The lowest BCUT2D eigenvalue weighted by Crippen LogP contribution is -1.73. The highest BCUT2D eigenvalue weighted by atomic mass is 36.1. The molecule has 0 bridgehead atoms. The van der Waals surface area contributed by atoms with E-state index in [9.17, 15) is 9.13 Å². The van der Waals surface area contributed by atoms with E-state index < -0.39 is 10.4 Å². The van der Waals surface area contributed by atoms with Gasteiger partial charge in [-0.1, -0.05) is 24.3 Å². The van der Waals surface area contributed by atoms with Gasteiger partial charge >= 0.3 is 10.4 Å². The standard InChI is InChI=1S/C9H7N.2Cl3OP/c1-2-6-9-8(4-1)5-3-7-10-9;2*1-5(2,3)4/h1-7H;;. The van der Waals surface area contributed by atoms with Crippen LogP contribution < -0.4 is 0 Å². The Kier molecular flexibility index (Phi) is 10.2. The van der Waals surface area contributed by atoms with Crippen molar-refractivity contribution in [2.75, 3.05) is 0 Å². The fraction of sp³-hybridized carbons (Fsp3) is 0. The zero-order chi connectivity index (χ0) is 15.8. The SMILES string of the molecule is O=P(Cl)(Cl)Cl.O=P(Cl)(Cl)Cl.c1ccc2ncccc2c1. The van der Waals surface area contributed by atoms with Crippen LogP contribution in [0.5, 0.6) is 0 Å². The molecule has 1 aromatic carbocycles. The average molecular weight is 436 g/mol. The van der Waals surface area contributed by atoms with E-state index in [-0.39, 0.29) is 0 Å². The number of hydrogen-bond acceptors (Lipinski definition) is 3. The predicted octanol–water partition coefficient (Wildman–Crippen LogP) is 7.86. The van der Waals surface area contributed by atoms with Gasteiger partial charge in [0.2, 0.25) is 0 Å². The van der Waals surface area contributed by atoms with Crippen LogP contribution in [-0.2, 0) is 9.13 Å². The molecule has 1 aromatic heterocycles. The minimum atomic E-state index is -3.22. The van der Waals surface area contributed by atoms with E-state index in [4.69, 9.17) is 0 Å². The first kappa shape index (κ1) is 20.8. The van der Waals surface area contributed by atoms with E-state index in [1.54, 1.807) is 0 Å². The molecule has 0 aliphatic rings. The summed E-state index contributed by atoms with van der Waals surface area (Å²) in [5, 5.41) is -5.25. The Morgan fingerprint density at radius 3 is 1.60 bits per heavy atom. The Morgan fingerprint density at radius 2 is 1.15 bits per heavy atom. The van der Waals surface area contributed by atoms with Gasteiger partial charge in [0, 0.05) is 11.6 Å². The maximum absolute atomic E-state index is 9.51. The summed E-state index contributed by atoms with van der Waals surface area (Å²) in [5.74, 6) is 0. The van der Waals surface area contributed by atoms with Gasteiger partial charge in [-0.3, -0.25) is 14.1 Å².